The Bertz CT molecular complexity index is 1540. The zero-order valence-corrected chi connectivity index (χ0v) is 20.6. The number of amides is 1. The van der Waals surface area contributed by atoms with Crippen molar-refractivity contribution in [2.45, 2.75) is 13.0 Å². The molecule has 36 heavy (non-hydrogen) atoms. The SMILES string of the molecule is COc1ccc(N2C(=O)C(=O)/C(=C(/O)c3ccc(OC)c(Cl)c3)C2c2c(C)[nH]c3ccccc23)cc1. The number of aromatic amines is 1. The third-order valence-corrected chi connectivity index (χ3v) is 6.73. The number of aryl methyl sites for hydroxylation is 1. The molecule has 0 bridgehead atoms. The van der Waals surface area contributed by atoms with Crippen molar-refractivity contribution in [2.75, 3.05) is 19.1 Å². The highest BCUT2D eigenvalue weighted by atomic mass is 35.5. The number of nitrogens with one attached hydrogen (secondary N) is 1. The van der Waals surface area contributed by atoms with Gasteiger partial charge in [0.2, 0.25) is 0 Å². The van der Waals surface area contributed by atoms with Crippen molar-refractivity contribution in [3.05, 3.63) is 94.1 Å². The number of aliphatic hydroxyl groups is 1. The molecule has 1 aliphatic rings. The summed E-state index contributed by atoms with van der Waals surface area (Å²) in [5.74, 6) is -0.802. The fourth-order valence-corrected chi connectivity index (χ4v) is 4.99. The Balaban J connectivity index is 1.78. The molecule has 4 aromatic rings. The predicted molar refractivity (Wildman–Crippen MR) is 139 cm³/mol. The van der Waals surface area contributed by atoms with Crippen LogP contribution in [-0.4, -0.2) is 36.0 Å². The first-order valence-corrected chi connectivity index (χ1v) is 11.6. The Morgan fingerprint density at radius 2 is 1.72 bits per heavy atom. The van der Waals surface area contributed by atoms with Crippen molar-refractivity contribution in [1.29, 1.82) is 0 Å². The number of nitrogens with zero attached hydrogens (tertiary/aromatic N) is 1. The fourth-order valence-electron chi connectivity index (χ4n) is 4.73. The average Bonchev–Trinajstić information content (AvgIpc) is 3.35. The van der Waals surface area contributed by atoms with Crippen molar-refractivity contribution in [3.63, 3.8) is 0 Å². The number of ether oxygens (including phenoxy) is 2. The highest BCUT2D eigenvalue weighted by molar-refractivity contribution is 6.52. The lowest BCUT2D eigenvalue weighted by Crippen LogP contribution is -2.29. The minimum absolute atomic E-state index is 0.0232. The number of H-pyrrole nitrogens is 1. The van der Waals surface area contributed by atoms with Crippen LogP contribution >= 0.6 is 11.6 Å². The maximum atomic E-state index is 13.5. The summed E-state index contributed by atoms with van der Waals surface area (Å²) in [5.41, 5.74) is 3.14. The summed E-state index contributed by atoms with van der Waals surface area (Å²) in [5, 5.41) is 12.5. The number of aliphatic hydroxyl groups excluding tert-OH is 1. The van der Waals surface area contributed by atoms with Crippen molar-refractivity contribution >= 4 is 45.6 Å². The lowest BCUT2D eigenvalue weighted by molar-refractivity contribution is -0.132. The summed E-state index contributed by atoms with van der Waals surface area (Å²) in [6.45, 7) is 1.88. The molecule has 1 saturated heterocycles. The molecule has 0 spiro atoms. The molecule has 1 aliphatic heterocycles. The molecule has 2 heterocycles. The van der Waals surface area contributed by atoms with Crippen LogP contribution in [-0.2, 0) is 9.59 Å². The van der Waals surface area contributed by atoms with Crippen LogP contribution in [0.3, 0.4) is 0 Å². The number of hydrogen-bond donors (Lipinski definition) is 2. The molecular formula is C28H23ClN2O5. The number of rotatable bonds is 5. The van der Waals surface area contributed by atoms with Crippen molar-refractivity contribution in [3.8, 4) is 11.5 Å². The zero-order valence-electron chi connectivity index (χ0n) is 19.8. The number of benzene rings is 3. The summed E-state index contributed by atoms with van der Waals surface area (Å²) in [4.78, 5) is 31.7. The number of fused-ring (bicyclic) bond motifs is 1. The second-order valence-electron chi connectivity index (χ2n) is 8.43. The summed E-state index contributed by atoms with van der Waals surface area (Å²) in [6, 6.07) is 18.3. The molecule has 2 N–H and O–H groups in total. The van der Waals surface area contributed by atoms with Crippen LogP contribution in [0.5, 0.6) is 11.5 Å². The minimum atomic E-state index is -0.879. The number of aromatic nitrogens is 1. The number of anilines is 1. The van der Waals surface area contributed by atoms with Gasteiger partial charge in [-0.1, -0.05) is 29.8 Å². The van der Waals surface area contributed by atoms with Gasteiger partial charge in [-0.25, -0.2) is 0 Å². The van der Waals surface area contributed by atoms with Crippen LogP contribution in [0.1, 0.15) is 22.9 Å². The van der Waals surface area contributed by atoms with E-state index >= 15 is 0 Å². The van der Waals surface area contributed by atoms with E-state index in [1.165, 1.54) is 18.1 Å². The number of carbonyl (C=O) groups excluding carboxylic acids is 2. The molecule has 7 nitrogen and oxygen atoms in total. The van der Waals surface area contributed by atoms with Crippen molar-refractivity contribution in [2.24, 2.45) is 0 Å². The van der Waals surface area contributed by atoms with Gasteiger partial charge in [-0.05, 0) is 55.5 Å². The molecule has 1 amide bonds. The molecule has 0 saturated carbocycles. The molecule has 8 heteroatoms. The highest BCUT2D eigenvalue weighted by Gasteiger charge is 2.48. The van der Waals surface area contributed by atoms with Crippen LogP contribution in [0.2, 0.25) is 5.02 Å². The monoisotopic (exact) mass is 502 g/mol. The molecule has 1 aromatic heterocycles. The summed E-state index contributed by atoms with van der Waals surface area (Å²) >= 11 is 6.30. The van der Waals surface area contributed by atoms with E-state index in [2.05, 4.69) is 4.98 Å². The van der Waals surface area contributed by atoms with E-state index in [0.717, 1.165) is 22.2 Å². The van der Waals surface area contributed by atoms with E-state index in [0.29, 0.717) is 22.7 Å². The van der Waals surface area contributed by atoms with E-state index in [9.17, 15) is 14.7 Å². The van der Waals surface area contributed by atoms with Crippen molar-refractivity contribution < 1.29 is 24.2 Å². The molecule has 1 fully saturated rings. The van der Waals surface area contributed by atoms with Gasteiger partial charge in [-0.3, -0.25) is 14.5 Å². The zero-order chi connectivity index (χ0) is 25.6. The van der Waals surface area contributed by atoms with E-state index in [-0.39, 0.29) is 16.4 Å². The minimum Gasteiger partial charge on any atom is -0.507 e. The van der Waals surface area contributed by atoms with Gasteiger partial charge < -0.3 is 19.6 Å². The van der Waals surface area contributed by atoms with E-state index in [1.54, 1.807) is 43.5 Å². The first-order chi connectivity index (χ1) is 17.3. The molecule has 0 radical (unpaired) electrons. The Morgan fingerprint density at radius 1 is 1.00 bits per heavy atom. The Morgan fingerprint density at radius 3 is 2.39 bits per heavy atom. The quantitative estimate of drug-likeness (QED) is 0.205. The standard InChI is InChI=1S/C28H23ClN2O5/c1-15-23(19-6-4-5-7-21(19)30-15)25-24(26(32)16-8-13-22(36-3)20(29)14-16)27(33)28(34)31(25)17-9-11-18(35-2)12-10-17/h4-14,25,30,32H,1-3H3/b26-24+. The van der Waals surface area contributed by atoms with Gasteiger partial charge in [0.15, 0.2) is 0 Å². The van der Waals surface area contributed by atoms with Crippen LogP contribution in [0.15, 0.2) is 72.3 Å². The number of methoxy groups -OCH3 is 2. The number of Topliss-reactive ketones (excluding diaryl/α,β-unsaturated/α-hetero) is 1. The van der Waals surface area contributed by atoms with Crippen LogP contribution in [0.4, 0.5) is 5.69 Å². The van der Waals surface area contributed by atoms with Gasteiger partial charge in [0.25, 0.3) is 11.7 Å². The molecule has 1 unspecified atom stereocenters. The van der Waals surface area contributed by atoms with Gasteiger partial charge in [0.05, 0.1) is 30.9 Å². The fraction of sp³-hybridized carbons (Fsp3) is 0.143. The lowest BCUT2D eigenvalue weighted by atomic mass is 9.93. The Labute approximate surface area is 212 Å². The van der Waals surface area contributed by atoms with Gasteiger partial charge in [-0.15, -0.1) is 0 Å². The van der Waals surface area contributed by atoms with Gasteiger partial charge in [-0.2, -0.15) is 0 Å². The van der Waals surface area contributed by atoms with Gasteiger partial charge >= 0.3 is 0 Å². The normalized spacial score (nSPS) is 17.1. The van der Waals surface area contributed by atoms with Crippen molar-refractivity contribution in [1.82, 2.24) is 4.98 Å². The third-order valence-electron chi connectivity index (χ3n) is 6.44. The third kappa shape index (κ3) is 3.69. The summed E-state index contributed by atoms with van der Waals surface area (Å²) in [6.07, 6.45) is 0. The van der Waals surface area contributed by atoms with Gasteiger partial charge in [0.1, 0.15) is 17.3 Å². The average molecular weight is 503 g/mol. The van der Waals surface area contributed by atoms with E-state index < -0.39 is 17.7 Å². The number of ketones is 1. The largest absolute Gasteiger partial charge is 0.507 e. The predicted octanol–water partition coefficient (Wildman–Crippen LogP) is 5.77. The smallest absolute Gasteiger partial charge is 0.300 e. The summed E-state index contributed by atoms with van der Waals surface area (Å²) in [7, 11) is 3.04. The number of hydrogen-bond acceptors (Lipinski definition) is 5. The Kier molecular flexibility index (Phi) is 5.94. The first kappa shape index (κ1) is 23.5. The number of carbonyl (C=O) groups is 2. The van der Waals surface area contributed by atoms with Crippen LogP contribution < -0.4 is 14.4 Å². The molecule has 182 valence electrons. The maximum Gasteiger partial charge on any atom is 0.300 e. The van der Waals surface area contributed by atoms with E-state index in [4.69, 9.17) is 21.1 Å². The Hall–Kier alpha value is -4.23. The maximum absolute atomic E-state index is 13.5. The van der Waals surface area contributed by atoms with E-state index in [1.807, 2.05) is 31.2 Å². The molecular weight excluding hydrogens is 480 g/mol. The second-order valence-corrected chi connectivity index (χ2v) is 8.83. The lowest BCUT2D eigenvalue weighted by Gasteiger charge is -2.26. The van der Waals surface area contributed by atoms with Crippen LogP contribution in [0.25, 0.3) is 16.7 Å². The topological polar surface area (TPSA) is 91.9 Å². The van der Waals surface area contributed by atoms with Gasteiger partial charge in [0, 0.05) is 33.4 Å². The second kappa shape index (κ2) is 9.09. The molecule has 0 aliphatic carbocycles. The number of para-hydroxylation sites is 1. The highest BCUT2D eigenvalue weighted by Crippen LogP contribution is 2.46. The molecule has 5 rings (SSSR count). The number of halogens is 1. The first-order valence-electron chi connectivity index (χ1n) is 11.2. The van der Waals surface area contributed by atoms with Crippen LogP contribution in [0, 0.1) is 6.92 Å². The molecule has 1 atom stereocenters. The molecule has 3 aromatic carbocycles. The summed E-state index contributed by atoms with van der Waals surface area (Å²) < 4.78 is 10.5.